The fourth-order valence-corrected chi connectivity index (χ4v) is 3.37. The average molecular weight is 265 g/mol. The highest BCUT2D eigenvalue weighted by molar-refractivity contribution is 5.81. The maximum absolute atomic E-state index is 13.4. The van der Waals surface area contributed by atoms with E-state index in [4.69, 9.17) is 4.74 Å². The summed E-state index contributed by atoms with van der Waals surface area (Å²) in [6.45, 7) is 1.07. The van der Waals surface area contributed by atoms with Crippen molar-refractivity contribution < 1.29 is 19.0 Å². The van der Waals surface area contributed by atoms with E-state index < -0.39 is 17.7 Å². The monoisotopic (exact) mass is 265 g/mol. The number of carboxylic acids is 1. The molecule has 4 nitrogen and oxygen atoms in total. The molecule has 1 aromatic rings. The van der Waals surface area contributed by atoms with E-state index in [1.54, 1.807) is 6.07 Å². The van der Waals surface area contributed by atoms with Gasteiger partial charge in [0.15, 0.2) is 0 Å². The molecule has 0 aliphatic carbocycles. The zero-order valence-corrected chi connectivity index (χ0v) is 10.7. The molecule has 5 heteroatoms. The number of fused-ring (bicyclic) bond motifs is 2. The van der Waals surface area contributed by atoms with Crippen molar-refractivity contribution in [1.82, 2.24) is 0 Å². The zero-order chi connectivity index (χ0) is 13.6. The molecule has 2 aliphatic heterocycles. The molecule has 2 aliphatic rings. The first-order chi connectivity index (χ1) is 9.09. The second-order valence-electron chi connectivity index (χ2n) is 5.22. The van der Waals surface area contributed by atoms with E-state index in [0.29, 0.717) is 18.8 Å². The van der Waals surface area contributed by atoms with Crippen molar-refractivity contribution in [3.05, 3.63) is 29.6 Å². The normalized spacial score (nSPS) is 29.6. The Bertz CT molecular complexity index is 519. The second kappa shape index (κ2) is 4.49. The molecule has 2 heterocycles. The maximum atomic E-state index is 13.4. The highest BCUT2D eigenvalue weighted by atomic mass is 19.1. The van der Waals surface area contributed by atoms with E-state index in [2.05, 4.69) is 4.90 Å². The highest BCUT2D eigenvalue weighted by Crippen LogP contribution is 2.44. The van der Waals surface area contributed by atoms with Crippen LogP contribution in [0.5, 0.6) is 0 Å². The number of carboxylic acid groups (broad SMARTS) is 1. The fourth-order valence-electron chi connectivity index (χ4n) is 3.37. The topological polar surface area (TPSA) is 49.8 Å². The second-order valence-corrected chi connectivity index (χ2v) is 5.22. The summed E-state index contributed by atoms with van der Waals surface area (Å²) in [5.41, 5.74) is 1.37. The fraction of sp³-hybridized carbons (Fsp3) is 0.500. The molecule has 3 rings (SSSR count). The van der Waals surface area contributed by atoms with Crippen LogP contribution in [0, 0.1) is 11.7 Å². The lowest BCUT2D eigenvalue weighted by molar-refractivity contribution is -0.142. The smallest absolute Gasteiger partial charge is 0.311 e. The van der Waals surface area contributed by atoms with Gasteiger partial charge >= 0.3 is 5.97 Å². The number of benzene rings is 1. The SMILES string of the molecule is CN1c2ccc(F)cc2C(C(=O)O)C2COCCC21. The van der Waals surface area contributed by atoms with Crippen molar-refractivity contribution in [2.75, 3.05) is 25.2 Å². The van der Waals surface area contributed by atoms with E-state index in [0.717, 1.165) is 12.1 Å². The molecule has 0 aromatic heterocycles. The molecule has 0 bridgehead atoms. The number of aliphatic carboxylic acids is 1. The van der Waals surface area contributed by atoms with Crippen molar-refractivity contribution in [1.29, 1.82) is 0 Å². The summed E-state index contributed by atoms with van der Waals surface area (Å²) < 4.78 is 18.9. The van der Waals surface area contributed by atoms with Crippen LogP contribution in [0.4, 0.5) is 10.1 Å². The van der Waals surface area contributed by atoms with Crippen LogP contribution in [0.2, 0.25) is 0 Å². The third-order valence-electron chi connectivity index (χ3n) is 4.26. The molecule has 0 saturated carbocycles. The van der Waals surface area contributed by atoms with Crippen LogP contribution < -0.4 is 4.90 Å². The minimum atomic E-state index is -0.902. The minimum Gasteiger partial charge on any atom is -0.481 e. The Morgan fingerprint density at radius 3 is 3.05 bits per heavy atom. The summed E-state index contributed by atoms with van der Waals surface area (Å²) in [5.74, 6) is -2.10. The predicted molar refractivity (Wildman–Crippen MR) is 67.9 cm³/mol. The van der Waals surface area contributed by atoms with Gasteiger partial charge in [-0.05, 0) is 30.2 Å². The molecule has 1 saturated heterocycles. The Morgan fingerprint density at radius 1 is 1.53 bits per heavy atom. The van der Waals surface area contributed by atoms with Crippen molar-refractivity contribution in [3.63, 3.8) is 0 Å². The number of ether oxygens (including phenoxy) is 1. The largest absolute Gasteiger partial charge is 0.481 e. The van der Waals surface area contributed by atoms with Gasteiger partial charge in [0.1, 0.15) is 5.82 Å². The first-order valence-corrected chi connectivity index (χ1v) is 6.42. The molecule has 102 valence electrons. The number of rotatable bonds is 1. The zero-order valence-electron chi connectivity index (χ0n) is 10.7. The summed E-state index contributed by atoms with van der Waals surface area (Å²) in [7, 11) is 1.94. The minimum absolute atomic E-state index is 0.120. The Labute approximate surface area is 110 Å². The third kappa shape index (κ3) is 1.89. The summed E-state index contributed by atoms with van der Waals surface area (Å²) >= 11 is 0. The van der Waals surface area contributed by atoms with Gasteiger partial charge in [0.25, 0.3) is 0 Å². The number of nitrogens with zero attached hydrogens (tertiary/aromatic N) is 1. The van der Waals surface area contributed by atoms with E-state index in [1.165, 1.54) is 12.1 Å². The number of carbonyl (C=O) groups is 1. The summed E-state index contributed by atoms with van der Waals surface area (Å²) in [6.07, 6.45) is 0.807. The third-order valence-corrected chi connectivity index (χ3v) is 4.26. The van der Waals surface area contributed by atoms with Gasteiger partial charge in [-0.15, -0.1) is 0 Å². The lowest BCUT2D eigenvalue weighted by Gasteiger charge is -2.46. The molecule has 0 spiro atoms. The Hall–Kier alpha value is -1.62. The van der Waals surface area contributed by atoms with Crippen LogP contribution in [0.25, 0.3) is 0 Å². The first-order valence-electron chi connectivity index (χ1n) is 6.42. The Balaban J connectivity index is 2.13. The molecular weight excluding hydrogens is 249 g/mol. The number of hydrogen-bond donors (Lipinski definition) is 1. The van der Waals surface area contributed by atoms with Gasteiger partial charge in [-0.1, -0.05) is 0 Å². The molecule has 3 unspecified atom stereocenters. The lowest BCUT2D eigenvalue weighted by atomic mass is 9.75. The average Bonchev–Trinajstić information content (AvgIpc) is 2.38. The van der Waals surface area contributed by atoms with E-state index in [-0.39, 0.29) is 12.0 Å². The number of hydrogen-bond acceptors (Lipinski definition) is 3. The highest BCUT2D eigenvalue weighted by Gasteiger charge is 2.44. The van der Waals surface area contributed by atoms with E-state index in [1.807, 2.05) is 7.05 Å². The predicted octanol–water partition coefficient (Wildman–Crippen LogP) is 1.85. The molecular formula is C14H16FNO3. The van der Waals surface area contributed by atoms with E-state index >= 15 is 0 Å². The molecule has 1 fully saturated rings. The first kappa shape index (κ1) is 12.4. The lowest BCUT2D eigenvalue weighted by Crippen LogP contribution is -2.51. The molecule has 3 atom stereocenters. The van der Waals surface area contributed by atoms with Crippen LogP contribution in [0.1, 0.15) is 17.9 Å². The summed E-state index contributed by atoms with van der Waals surface area (Å²) in [6, 6.07) is 4.54. The van der Waals surface area contributed by atoms with Gasteiger partial charge < -0.3 is 14.7 Å². The van der Waals surface area contributed by atoms with Crippen molar-refractivity contribution in [3.8, 4) is 0 Å². The molecule has 19 heavy (non-hydrogen) atoms. The Kier molecular flexibility index (Phi) is 2.93. The van der Waals surface area contributed by atoms with Crippen molar-refractivity contribution in [2.24, 2.45) is 5.92 Å². The molecule has 1 aromatic carbocycles. The van der Waals surface area contributed by atoms with Crippen LogP contribution >= 0.6 is 0 Å². The number of halogens is 1. The van der Waals surface area contributed by atoms with Gasteiger partial charge in [-0.2, -0.15) is 0 Å². The quantitative estimate of drug-likeness (QED) is 0.842. The van der Waals surface area contributed by atoms with Gasteiger partial charge in [0.2, 0.25) is 0 Å². The summed E-state index contributed by atoms with van der Waals surface area (Å²) in [4.78, 5) is 13.7. The van der Waals surface area contributed by atoms with Gasteiger partial charge in [0.05, 0.1) is 12.5 Å². The molecule has 1 N–H and O–H groups in total. The molecule has 0 radical (unpaired) electrons. The van der Waals surface area contributed by atoms with Crippen LogP contribution in [-0.4, -0.2) is 37.4 Å². The van der Waals surface area contributed by atoms with Crippen molar-refractivity contribution >= 4 is 11.7 Å². The van der Waals surface area contributed by atoms with Gasteiger partial charge in [-0.3, -0.25) is 4.79 Å². The summed E-state index contributed by atoms with van der Waals surface area (Å²) in [5, 5.41) is 9.50. The van der Waals surface area contributed by atoms with Crippen molar-refractivity contribution in [2.45, 2.75) is 18.4 Å². The van der Waals surface area contributed by atoms with Gasteiger partial charge in [0, 0.05) is 31.3 Å². The molecule has 0 amide bonds. The van der Waals surface area contributed by atoms with Crippen LogP contribution in [-0.2, 0) is 9.53 Å². The maximum Gasteiger partial charge on any atom is 0.311 e. The van der Waals surface area contributed by atoms with Gasteiger partial charge in [-0.25, -0.2) is 4.39 Å². The van der Waals surface area contributed by atoms with E-state index in [9.17, 15) is 14.3 Å². The standard InChI is InChI=1S/C14H16FNO3/c1-16-11-3-2-8(15)6-9(11)13(14(17)18)10-7-19-5-4-12(10)16/h2-3,6,10,12-13H,4-5,7H2,1H3,(H,17,18). The van der Waals surface area contributed by atoms with Crippen LogP contribution in [0.3, 0.4) is 0 Å². The Morgan fingerprint density at radius 2 is 2.32 bits per heavy atom. The van der Waals surface area contributed by atoms with Crippen LogP contribution in [0.15, 0.2) is 18.2 Å². The number of anilines is 1.